The Morgan fingerprint density at radius 1 is 0.519 bits per heavy atom. The molecule has 0 aromatic heterocycles. The molecule has 0 bridgehead atoms. The standard InChI is InChI=1S/C24H41FO2/c1-4-7-10-13-16-19-20(17-14-11-8-5-2)22(25)24(27)23(26)21(19)18-15-12-9-6-3/h26-27H,4-18H2,1-3H3. The van der Waals surface area contributed by atoms with Crippen LogP contribution in [0.1, 0.15) is 115 Å². The maximum Gasteiger partial charge on any atom is 0.194 e. The molecule has 1 aromatic rings. The summed E-state index contributed by atoms with van der Waals surface area (Å²) < 4.78 is 14.8. The van der Waals surface area contributed by atoms with Crippen molar-refractivity contribution in [2.24, 2.45) is 0 Å². The number of hydrogen-bond donors (Lipinski definition) is 2. The summed E-state index contributed by atoms with van der Waals surface area (Å²) >= 11 is 0. The summed E-state index contributed by atoms with van der Waals surface area (Å²) in [5.74, 6) is -1.35. The molecule has 0 atom stereocenters. The largest absolute Gasteiger partial charge is 0.504 e. The number of unbranched alkanes of at least 4 members (excludes halogenated alkanes) is 9. The van der Waals surface area contributed by atoms with Crippen LogP contribution in [0.2, 0.25) is 0 Å². The molecule has 0 aliphatic heterocycles. The third-order valence-corrected chi connectivity index (χ3v) is 5.55. The number of phenols is 2. The summed E-state index contributed by atoms with van der Waals surface area (Å²) in [5.41, 5.74) is 2.43. The molecule has 0 heterocycles. The van der Waals surface area contributed by atoms with E-state index in [4.69, 9.17) is 0 Å². The van der Waals surface area contributed by atoms with Crippen molar-refractivity contribution in [3.8, 4) is 11.5 Å². The van der Waals surface area contributed by atoms with E-state index in [0.29, 0.717) is 12.0 Å². The number of halogens is 1. The van der Waals surface area contributed by atoms with Crippen LogP contribution in [0.25, 0.3) is 0 Å². The SMILES string of the molecule is CCCCCCc1c(O)c(O)c(F)c(CCCCCC)c1CCCCCC. The Labute approximate surface area is 166 Å². The maximum atomic E-state index is 14.8. The van der Waals surface area contributed by atoms with Crippen molar-refractivity contribution in [1.29, 1.82) is 0 Å². The lowest BCUT2D eigenvalue weighted by Gasteiger charge is -2.19. The zero-order chi connectivity index (χ0) is 20.1. The van der Waals surface area contributed by atoms with E-state index in [-0.39, 0.29) is 5.75 Å². The van der Waals surface area contributed by atoms with Gasteiger partial charge in [0.1, 0.15) is 0 Å². The van der Waals surface area contributed by atoms with Crippen molar-refractivity contribution in [2.45, 2.75) is 117 Å². The molecule has 0 radical (unpaired) electrons. The summed E-state index contributed by atoms with van der Waals surface area (Å²) in [5, 5.41) is 20.6. The van der Waals surface area contributed by atoms with Gasteiger partial charge in [-0.1, -0.05) is 78.6 Å². The predicted molar refractivity (Wildman–Crippen MR) is 113 cm³/mol. The highest BCUT2D eigenvalue weighted by molar-refractivity contribution is 5.54. The molecule has 3 heteroatoms. The third kappa shape index (κ3) is 7.71. The lowest BCUT2D eigenvalue weighted by molar-refractivity contribution is 0.370. The summed E-state index contributed by atoms with van der Waals surface area (Å²) in [4.78, 5) is 0. The van der Waals surface area contributed by atoms with Gasteiger partial charge in [-0.05, 0) is 49.7 Å². The molecule has 0 spiro atoms. The lowest BCUT2D eigenvalue weighted by atomic mass is 9.88. The second-order valence-electron chi connectivity index (χ2n) is 7.88. The van der Waals surface area contributed by atoms with Gasteiger partial charge < -0.3 is 10.2 Å². The van der Waals surface area contributed by atoms with Crippen molar-refractivity contribution in [2.75, 3.05) is 0 Å². The first-order chi connectivity index (χ1) is 13.1. The third-order valence-electron chi connectivity index (χ3n) is 5.55. The van der Waals surface area contributed by atoms with E-state index in [9.17, 15) is 14.6 Å². The molecular formula is C24H41FO2. The molecule has 0 saturated heterocycles. The van der Waals surface area contributed by atoms with Crippen LogP contribution in [-0.2, 0) is 19.3 Å². The predicted octanol–water partition coefficient (Wildman–Crippen LogP) is 7.61. The van der Waals surface area contributed by atoms with Gasteiger partial charge in [0.05, 0.1) is 0 Å². The molecule has 0 aliphatic rings. The lowest BCUT2D eigenvalue weighted by Crippen LogP contribution is -2.06. The van der Waals surface area contributed by atoms with Crippen LogP contribution in [0, 0.1) is 5.82 Å². The van der Waals surface area contributed by atoms with E-state index in [1.807, 2.05) is 0 Å². The smallest absolute Gasteiger partial charge is 0.194 e. The molecule has 0 fully saturated rings. The van der Waals surface area contributed by atoms with E-state index >= 15 is 0 Å². The Bertz CT molecular complexity index is 501. The van der Waals surface area contributed by atoms with Gasteiger partial charge in [-0.15, -0.1) is 0 Å². The molecular weight excluding hydrogens is 339 g/mol. The average molecular weight is 381 g/mol. The first-order valence-corrected chi connectivity index (χ1v) is 11.3. The fourth-order valence-corrected chi connectivity index (χ4v) is 3.86. The molecule has 0 saturated carbocycles. The summed E-state index contributed by atoms with van der Waals surface area (Å²) in [7, 11) is 0. The van der Waals surface area contributed by atoms with Gasteiger partial charge in [0, 0.05) is 5.56 Å². The number of phenolic OH excluding ortho intramolecular Hbond substituents is 2. The molecule has 27 heavy (non-hydrogen) atoms. The molecule has 0 aliphatic carbocycles. The normalized spacial score (nSPS) is 11.3. The number of benzene rings is 1. The molecule has 0 unspecified atom stereocenters. The zero-order valence-electron chi connectivity index (χ0n) is 17.9. The van der Waals surface area contributed by atoms with Crippen molar-refractivity contribution in [1.82, 2.24) is 0 Å². The molecule has 1 rings (SSSR count). The summed E-state index contributed by atoms with van der Waals surface area (Å²) in [6.07, 6.45) is 15.4. The van der Waals surface area contributed by atoms with Crippen molar-refractivity contribution in [3.05, 3.63) is 22.5 Å². The summed E-state index contributed by atoms with van der Waals surface area (Å²) in [6, 6.07) is 0. The van der Waals surface area contributed by atoms with Crippen LogP contribution in [0.4, 0.5) is 4.39 Å². The quantitative estimate of drug-likeness (QED) is 0.243. The second kappa shape index (κ2) is 13.8. The molecule has 0 amide bonds. The van der Waals surface area contributed by atoms with Crippen LogP contribution in [0.15, 0.2) is 0 Å². The zero-order valence-corrected chi connectivity index (χ0v) is 17.9. The monoisotopic (exact) mass is 380 g/mol. The van der Waals surface area contributed by atoms with Crippen LogP contribution in [0.3, 0.4) is 0 Å². The van der Waals surface area contributed by atoms with Crippen LogP contribution in [0.5, 0.6) is 11.5 Å². The Hall–Kier alpha value is -1.25. The van der Waals surface area contributed by atoms with Crippen LogP contribution < -0.4 is 0 Å². The Balaban J connectivity index is 3.08. The van der Waals surface area contributed by atoms with E-state index in [1.54, 1.807) is 0 Å². The minimum atomic E-state index is -0.591. The number of hydrogen-bond acceptors (Lipinski definition) is 2. The molecule has 156 valence electrons. The molecule has 1 aromatic carbocycles. The minimum Gasteiger partial charge on any atom is -0.504 e. The Morgan fingerprint density at radius 2 is 0.926 bits per heavy atom. The first-order valence-electron chi connectivity index (χ1n) is 11.3. The van der Waals surface area contributed by atoms with Gasteiger partial charge in [0.2, 0.25) is 0 Å². The fraction of sp³-hybridized carbons (Fsp3) is 0.750. The van der Waals surface area contributed by atoms with Gasteiger partial charge in [-0.3, -0.25) is 0 Å². The first kappa shape index (κ1) is 23.8. The highest BCUT2D eigenvalue weighted by atomic mass is 19.1. The van der Waals surface area contributed by atoms with Crippen LogP contribution in [-0.4, -0.2) is 10.2 Å². The Morgan fingerprint density at radius 3 is 1.37 bits per heavy atom. The highest BCUT2D eigenvalue weighted by Crippen LogP contribution is 2.40. The minimum absolute atomic E-state index is 0.216. The average Bonchev–Trinajstić information content (AvgIpc) is 2.67. The highest BCUT2D eigenvalue weighted by Gasteiger charge is 2.23. The number of rotatable bonds is 15. The molecule has 2 N–H and O–H groups in total. The van der Waals surface area contributed by atoms with E-state index in [2.05, 4.69) is 20.8 Å². The van der Waals surface area contributed by atoms with E-state index in [0.717, 1.165) is 81.8 Å². The second-order valence-corrected chi connectivity index (χ2v) is 7.88. The number of aromatic hydroxyl groups is 2. The van der Waals surface area contributed by atoms with Crippen molar-refractivity contribution < 1.29 is 14.6 Å². The van der Waals surface area contributed by atoms with Crippen LogP contribution >= 0.6 is 0 Å². The Kier molecular flexibility index (Phi) is 12.2. The van der Waals surface area contributed by atoms with Gasteiger partial charge in [0.15, 0.2) is 17.3 Å². The van der Waals surface area contributed by atoms with Gasteiger partial charge >= 0.3 is 0 Å². The summed E-state index contributed by atoms with van der Waals surface area (Å²) in [6.45, 7) is 6.53. The van der Waals surface area contributed by atoms with Gasteiger partial charge in [-0.2, -0.15) is 0 Å². The van der Waals surface area contributed by atoms with Gasteiger partial charge in [0.25, 0.3) is 0 Å². The van der Waals surface area contributed by atoms with Gasteiger partial charge in [-0.25, -0.2) is 4.39 Å². The van der Waals surface area contributed by atoms with Crippen molar-refractivity contribution in [3.63, 3.8) is 0 Å². The van der Waals surface area contributed by atoms with E-state index < -0.39 is 11.6 Å². The fourth-order valence-electron chi connectivity index (χ4n) is 3.86. The molecule has 2 nitrogen and oxygen atoms in total. The van der Waals surface area contributed by atoms with Crippen molar-refractivity contribution >= 4 is 0 Å². The van der Waals surface area contributed by atoms with E-state index in [1.165, 1.54) is 19.3 Å². The topological polar surface area (TPSA) is 40.5 Å². The maximum absolute atomic E-state index is 14.8.